The zero-order valence-electron chi connectivity index (χ0n) is 10.7. The van der Waals surface area contributed by atoms with Crippen LogP contribution in [0.3, 0.4) is 0 Å². The van der Waals surface area contributed by atoms with E-state index >= 15 is 0 Å². The molecule has 1 aromatic carbocycles. The normalized spacial score (nSPS) is 10.8. The number of aromatic nitrogens is 3. The lowest BCUT2D eigenvalue weighted by Gasteiger charge is -2.05. The summed E-state index contributed by atoms with van der Waals surface area (Å²) < 4.78 is 0. The van der Waals surface area contributed by atoms with Crippen molar-refractivity contribution in [1.29, 1.82) is 0 Å². The molecule has 21 heavy (non-hydrogen) atoms. The molecule has 0 aliphatic heterocycles. The Balaban J connectivity index is 2.25. The SMILES string of the molecule is Nc1n[nH]c(-c2c[nH]ccc2=O)c1-c1ccc(Cl)c(Cl)c1. The van der Waals surface area contributed by atoms with Crippen molar-refractivity contribution in [3.05, 3.63) is 56.9 Å². The number of rotatable bonds is 2. The molecule has 0 saturated carbocycles. The van der Waals surface area contributed by atoms with Crippen LogP contribution in [0.4, 0.5) is 5.82 Å². The van der Waals surface area contributed by atoms with Crippen LogP contribution in [-0.2, 0) is 0 Å². The summed E-state index contributed by atoms with van der Waals surface area (Å²) in [5.74, 6) is 0.284. The van der Waals surface area contributed by atoms with Gasteiger partial charge in [-0.1, -0.05) is 29.3 Å². The number of aromatic amines is 2. The maximum absolute atomic E-state index is 12.0. The van der Waals surface area contributed by atoms with Crippen LogP contribution in [0, 0.1) is 0 Å². The van der Waals surface area contributed by atoms with Gasteiger partial charge in [-0.15, -0.1) is 0 Å². The minimum Gasteiger partial charge on any atom is -0.382 e. The van der Waals surface area contributed by atoms with Crippen molar-refractivity contribution in [2.24, 2.45) is 0 Å². The van der Waals surface area contributed by atoms with Gasteiger partial charge in [0.1, 0.15) is 0 Å². The first-order valence-electron chi connectivity index (χ1n) is 6.04. The Kier molecular flexibility index (Phi) is 3.45. The van der Waals surface area contributed by atoms with Crippen molar-refractivity contribution >= 4 is 29.0 Å². The van der Waals surface area contributed by atoms with Crippen LogP contribution in [0.1, 0.15) is 0 Å². The van der Waals surface area contributed by atoms with Gasteiger partial charge >= 0.3 is 0 Å². The first-order valence-corrected chi connectivity index (χ1v) is 6.80. The lowest BCUT2D eigenvalue weighted by molar-refractivity contribution is 1.10. The highest BCUT2D eigenvalue weighted by molar-refractivity contribution is 6.42. The molecule has 0 spiro atoms. The van der Waals surface area contributed by atoms with Crippen LogP contribution in [0.15, 0.2) is 41.5 Å². The molecule has 0 amide bonds. The third kappa shape index (κ3) is 2.41. The van der Waals surface area contributed by atoms with Gasteiger partial charge in [-0.3, -0.25) is 9.89 Å². The summed E-state index contributed by atoms with van der Waals surface area (Å²) in [5.41, 5.74) is 8.11. The molecule has 0 aliphatic rings. The summed E-state index contributed by atoms with van der Waals surface area (Å²) in [6.07, 6.45) is 3.15. The van der Waals surface area contributed by atoms with Gasteiger partial charge in [0.2, 0.25) is 0 Å². The van der Waals surface area contributed by atoms with Gasteiger partial charge in [0.05, 0.1) is 26.9 Å². The zero-order valence-corrected chi connectivity index (χ0v) is 12.2. The molecule has 5 nitrogen and oxygen atoms in total. The highest BCUT2D eigenvalue weighted by atomic mass is 35.5. The molecule has 0 fully saturated rings. The predicted molar refractivity (Wildman–Crippen MR) is 84.5 cm³/mol. The Morgan fingerprint density at radius 3 is 2.67 bits per heavy atom. The van der Waals surface area contributed by atoms with Crippen molar-refractivity contribution < 1.29 is 0 Å². The van der Waals surface area contributed by atoms with Crippen molar-refractivity contribution in [3.8, 4) is 22.4 Å². The molecule has 2 aromatic heterocycles. The predicted octanol–water partition coefficient (Wildman–Crippen LogP) is 3.32. The Labute approximate surface area is 129 Å². The molecule has 0 unspecified atom stereocenters. The molecule has 0 aliphatic carbocycles. The van der Waals surface area contributed by atoms with E-state index in [1.54, 1.807) is 30.6 Å². The second-order valence-corrected chi connectivity index (χ2v) is 5.22. The minimum atomic E-state index is -0.140. The molecule has 0 radical (unpaired) electrons. The number of hydrogen-bond donors (Lipinski definition) is 3. The number of nitrogen functional groups attached to an aromatic ring is 1. The molecular formula is C14H10Cl2N4O. The average Bonchev–Trinajstić information content (AvgIpc) is 2.84. The first kappa shape index (κ1) is 13.7. The zero-order chi connectivity index (χ0) is 15.0. The quantitative estimate of drug-likeness (QED) is 0.676. The van der Waals surface area contributed by atoms with Gasteiger partial charge in [0.15, 0.2) is 11.2 Å². The standard InChI is InChI=1S/C14H10Cl2N4O/c15-9-2-1-7(5-10(9)16)12-13(19-20-14(12)17)8-6-18-4-3-11(8)21/h1-6H,(H,18,21)(H3,17,19,20). The van der Waals surface area contributed by atoms with Crippen molar-refractivity contribution in [3.63, 3.8) is 0 Å². The first-order chi connectivity index (χ1) is 10.1. The molecule has 106 valence electrons. The van der Waals surface area contributed by atoms with Gasteiger partial charge in [0, 0.05) is 18.5 Å². The number of halogens is 2. The lowest BCUT2D eigenvalue weighted by atomic mass is 10.0. The number of nitrogens with two attached hydrogens (primary N) is 1. The van der Waals surface area contributed by atoms with E-state index in [9.17, 15) is 4.79 Å². The van der Waals surface area contributed by atoms with Crippen LogP contribution < -0.4 is 11.2 Å². The van der Waals surface area contributed by atoms with Gasteiger partial charge in [-0.05, 0) is 17.7 Å². The van der Waals surface area contributed by atoms with Gasteiger partial charge in [0.25, 0.3) is 0 Å². The molecule has 2 heterocycles. The fourth-order valence-corrected chi connectivity index (χ4v) is 2.40. The fraction of sp³-hybridized carbons (Fsp3) is 0. The van der Waals surface area contributed by atoms with E-state index in [0.29, 0.717) is 26.9 Å². The van der Waals surface area contributed by atoms with Crippen molar-refractivity contribution in [2.75, 3.05) is 5.73 Å². The van der Waals surface area contributed by atoms with Crippen LogP contribution in [-0.4, -0.2) is 15.2 Å². The van der Waals surface area contributed by atoms with Crippen LogP contribution in [0.5, 0.6) is 0 Å². The summed E-state index contributed by atoms with van der Waals surface area (Å²) >= 11 is 12.0. The van der Waals surface area contributed by atoms with E-state index in [1.807, 2.05) is 0 Å². The Morgan fingerprint density at radius 1 is 1.14 bits per heavy atom. The molecule has 3 aromatic rings. The second kappa shape index (κ2) is 5.27. The van der Waals surface area contributed by atoms with Crippen LogP contribution in [0.2, 0.25) is 10.0 Å². The van der Waals surface area contributed by atoms with E-state index in [1.165, 1.54) is 6.07 Å². The third-order valence-electron chi connectivity index (χ3n) is 3.10. The molecule has 0 atom stereocenters. The average molecular weight is 321 g/mol. The molecular weight excluding hydrogens is 311 g/mol. The fourth-order valence-electron chi connectivity index (χ4n) is 2.11. The van der Waals surface area contributed by atoms with E-state index in [4.69, 9.17) is 28.9 Å². The monoisotopic (exact) mass is 320 g/mol. The van der Waals surface area contributed by atoms with Crippen molar-refractivity contribution in [2.45, 2.75) is 0 Å². The summed E-state index contributed by atoms with van der Waals surface area (Å²) in [7, 11) is 0. The topological polar surface area (TPSA) is 87.6 Å². The molecule has 7 heteroatoms. The van der Waals surface area contributed by atoms with Gasteiger partial charge in [-0.2, -0.15) is 5.10 Å². The molecule has 0 saturated heterocycles. The molecule has 0 bridgehead atoms. The van der Waals surface area contributed by atoms with Gasteiger partial charge in [-0.25, -0.2) is 0 Å². The van der Waals surface area contributed by atoms with E-state index in [2.05, 4.69) is 15.2 Å². The molecule has 4 N–H and O–H groups in total. The number of benzene rings is 1. The number of anilines is 1. The van der Waals surface area contributed by atoms with E-state index in [0.717, 1.165) is 5.56 Å². The van der Waals surface area contributed by atoms with E-state index in [-0.39, 0.29) is 11.2 Å². The Bertz CT molecular complexity index is 869. The molecule has 3 rings (SSSR count). The highest BCUT2D eigenvalue weighted by Gasteiger charge is 2.17. The van der Waals surface area contributed by atoms with Crippen LogP contribution >= 0.6 is 23.2 Å². The minimum absolute atomic E-state index is 0.140. The second-order valence-electron chi connectivity index (χ2n) is 4.41. The largest absolute Gasteiger partial charge is 0.382 e. The number of hydrogen-bond acceptors (Lipinski definition) is 3. The van der Waals surface area contributed by atoms with Crippen LogP contribution in [0.25, 0.3) is 22.4 Å². The summed E-state index contributed by atoms with van der Waals surface area (Å²) in [6.45, 7) is 0. The maximum atomic E-state index is 12.0. The van der Waals surface area contributed by atoms with Gasteiger partial charge < -0.3 is 10.7 Å². The Morgan fingerprint density at radius 2 is 1.95 bits per heavy atom. The number of pyridine rings is 1. The number of nitrogens with zero attached hydrogens (tertiary/aromatic N) is 1. The maximum Gasteiger partial charge on any atom is 0.190 e. The highest BCUT2D eigenvalue weighted by Crippen LogP contribution is 2.36. The summed E-state index contributed by atoms with van der Waals surface area (Å²) in [5, 5.41) is 7.63. The smallest absolute Gasteiger partial charge is 0.190 e. The summed E-state index contributed by atoms with van der Waals surface area (Å²) in [6, 6.07) is 6.57. The Hall–Kier alpha value is -2.24. The van der Waals surface area contributed by atoms with E-state index < -0.39 is 0 Å². The third-order valence-corrected chi connectivity index (χ3v) is 3.84. The van der Waals surface area contributed by atoms with Crippen molar-refractivity contribution in [1.82, 2.24) is 15.2 Å². The summed E-state index contributed by atoms with van der Waals surface area (Å²) in [4.78, 5) is 14.9. The lowest BCUT2D eigenvalue weighted by Crippen LogP contribution is -2.03. The number of H-pyrrole nitrogens is 2. The number of nitrogens with one attached hydrogen (secondary N) is 2.